The van der Waals surface area contributed by atoms with Crippen LogP contribution in [0.4, 0.5) is 0 Å². The SMILES string of the molecule is C[C@H]1CCC2[C@@H](C)C3C(CC4C5CC=C6C[C@@H](OCCCn7cc(CO[C@@H]8OC(CO)[C@@H](O)[C@H](O)C8O)nn7)CC[C@]6(C)C5CC[C@@]43C)N2C1. The van der Waals surface area contributed by atoms with Gasteiger partial charge in [-0.15, -0.1) is 5.10 Å². The van der Waals surface area contributed by atoms with E-state index in [1.165, 1.54) is 51.5 Å². The van der Waals surface area contributed by atoms with Gasteiger partial charge in [0, 0.05) is 31.8 Å². The highest BCUT2D eigenvalue weighted by Gasteiger charge is 2.66. The maximum atomic E-state index is 10.2. The molecule has 50 heavy (non-hydrogen) atoms. The monoisotopic (exact) mass is 698 g/mol. The Morgan fingerprint density at radius 2 is 1.82 bits per heavy atom. The number of rotatable bonds is 9. The molecule has 0 radical (unpaired) electrons. The lowest BCUT2D eigenvalue weighted by atomic mass is 9.47. The molecule has 4 N–H and O–H groups in total. The molecule has 1 aromatic rings. The van der Waals surface area contributed by atoms with Gasteiger partial charge in [0.1, 0.15) is 30.1 Å². The van der Waals surface area contributed by atoms with E-state index in [-0.39, 0.29) is 12.7 Å². The second kappa shape index (κ2) is 13.8. The number of aromatic nitrogens is 3. The summed E-state index contributed by atoms with van der Waals surface area (Å²) >= 11 is 0. The number of aliphatic hydroxyl groups is 4. The summed E-state index contributed by atoms with van der Waals surface area (Å²) in [6.07, 6.45) is 10.9. The molecule has 8 unspecified atom stereocenters. The van der Waals surface area contributed by atoms with Gasteiger partial charge in [0.05, 0.1) is 25.5 Å². The summed E-state index contributed by atoms with van der Waals surface area (Å²) in [6.45, 7) is 12.6. The molecule has 7 aliphatic rings. The molecule has 0 aromatic carbocycles. The highest BCUT2D eigenvalue weighted by Crippen LogP contribution is 2.70. The van der Waals surface area contributed by atoms with Crippen molar-refractivity contribution in [3.05, 3.63) is 23.5 Å². The van der Waals surface area contributed by atoms with Crippen molar-refractivity contribution in [2.45, 2.75) is 154 Å². The van der Waals surface area contributed by atoms with Crippen LogP contribution in [0.15, 0.2) is 17.8 Å². The Labute approximate surface area is 297 Å². The largest absolute Gasteiger partial charge is 0.394 e. The fraction of sp³-hybridized carbons (Fsp3) is 0.897. The number of aryl methyl sites for hydroxylation is 1. The lowest BCUT2D eigenvalue weighted by Crippen LogP contribution is -2.59. The number of nitrogens with zero attached hydrogens (tertiary/aromatic N) is 4. The molecule has 280 valence electrons. The van der Waals surface area contributed by atoms with Crippen LogP contribution in [0.25, 0.3) is 0 Å². The number of fused-ring (bicyclic) bond motifs is 9. The first-order valence-corrected chi connectivity index (χ1v) is 19.9. The van der Waals surface area contributed by atoms with Gasteiger partial charge >= 0.3 is 0 Å². The van der Waals surface area contributed by atoms with Crippen molar-refractivity contribution in [1.29, 1.82) is 0 Å². The summed E-state index contributed by atoms with van der Waals surface area (Å²) in [5.41, 5.74) is 3.07. The predicted molar refractivity (Wildman–Crippen MR) is 185 cm³/mol. The summed E-state index contributed by atoms with van der Waals surface area (Å²) in [5.74, 6) is 5.12. The van der Waals surface area contributed by atoms with Gasteiger partial charge < -0.3 is 34.6 Å². The number of allylic oxidation sites excluding steroid dienone is 1. The lowest BCUT2D eigenvalue weighted by Gasteiger charge is -2.58. The number of piperidine rings is 1. The second-order valence-electron chi connectivity index (χ2n) is 18.0. The number of hydrogen-bond acceptors (Lipinski definition) is 10. The summed E-state index contributed by atoms with van der Waals surface area (Å²) in [7, 11) is 0. The van der Waals surface area contributed by atoms with E-state index in [0.717, 1.165) is 66.9 Å². The van der Waals surface area contributed by atoms with Gasteiger partial charge in [0.2, 0.25) is 0 Å². The molecule has 11 heteroatoms. The van der Waals surface area contributed by atoms with Crippen LogP contribution in [-0.2, 0) is 27.4 Å². The molecule has 0 spiro atoms. The molecule has 4 aliphatic carbocycles. The van der Waals surface area contributed by atoms with Crippen LogP contribution >= 0.6 is 0 Å². The molecule has 6 fully saturated rings. The zero-order valence-electron chi connectivity index (χ0n) is 30.6. The van der Waals surface area contributed by atoms with Crippen LogP contribution in [-0.4, -0.2) is 109 Å². The third kappa shape index (κ3) is 5.94. The normalized spacial score (nSPS) is 48.7. The van der Waals surface area contributed by atoms with E-state index in [4.69, 9.17) is 14.2 Å². The first-order valence-electron chi connectivity index (χ1n) is 19.9. The average Bonchev–Trinajstić information content (AvgIpc) is 3.77. The van der Waals surface area contributed by atoms with Crippen LogP contribution < -0.4 is 0 Å². The predicted octanol–water partition coefficient (Wildman–Crippen LogP) is 3.68. The zero-order chi connectivity index (χ0) is 34.9. The summed E-state index contributed by atoms with van der Waals surface area (Å²) < 4.78 is 19.3. The van der Waals surface area contributed by atoms with Crippen LogP contribution in [0, 0.1) is 46.3 Å². The van der Waals surface area contributed by atoms with Crippen molar-refractivity contribution in [1.82, 2.24) is 19.9 Å². The van der Waals surface area contributed by atoms with Gasteiger partial charge in [0.25, 0.3) is 0 Å². The number of ether oxygens (including phenoxy) is 3. The molecule has 0 amide bonds. The maximum Gasteiger partial charge on any atom is 0.187 e. The van der Waals surface area contributed by atoms with Crippen molar-refractivity contribution in [2.24, 2.45) is 46.3 Å². The Morgan fingerprint density at radius 3 is 2.64 bits per heavy atom. The van der Waals surface area contributed by atoms with Crippen molar-refractivity contribution >= 4 is 0 Å². The molecule has 11 nitrogen and oxygen atoms in total. The first-order chi connectivity index (χ1) is 24.0. The van der Waals surface area contributed by atoms with Crippen molar-refractivity contribution in [3.8, 4) is 0 Å². The molecular formula is C39H62N4O7. The van der Waals surface area contributed by atoms with Crippen LogP contribution in [0.5, 0.6) is 0 Å². The molecule has 3 saturated heterocycles. The van der Waals surface area contributed by atoms with Crippen LogP contribution in [0.1, 0.15) is 97.6 Å². The standard InChI is InChI=1S/C39H62N4O7/c1-22-6-9-30-23(2)33-31(43(30)18-22)17-29-27-8-7-24-16-26(10-12-38(24,3)28(27)11-13-39(29,33)4)48-15-5-14-42-19-25(40-41-42)21-49-37-36(47)35(46)34(45)32(20-44)50-37/h7,19,22-23,26-37,44-47H,5-6,8-18,20-21H2,1-4H3/t22-,23+,26-,27?,28?,29?,30?,31?,32?,33?,34+,35-,36?,37+,38-,39-/m0/s1. The highest BCUT2D eigenvalue weighted by atomic mass is 16.7. The minimum atomic E-state index is -1.47. The molecule has 8 rings (SSSR count). The third-order valence-electron chi connectivity index (χ3n) is 15.4. The molecule has 3 saturated carbocycles. The fourth-order valence-electron chi connectivity index (χ4n) is 12.9. The fourth-order valence-corrected chi connectivity index (χ4v) is 12.9. The first kappa shape index (κ1) is 35.6. The minimum Gasteiger partial charge on any atom is -0.394 e. The second-order valence-corrected chi connectivity index (χ2v) is 18.0. The Balaban J connectivity index is 0.817. The van der Waals surface area contributed by atoms with Crippen LogP contribution in [0.3, 0.4) is 0 Å². The Morgan fingerprint density at radius 1 is 0.980 bits per heavy atom. The summed E-state index contributed by atoms with van der Waals surface area (Å²) in [4.78, 5) is 3.01. The maximum absolute atomic E-state index is 10.2. The van der Waals surface area contributed by atoms with E-state index in [1.54, 1.807) is 16.5 Å². The molecule has 16 atom stereocenters. The van der Waals surface area contributed by atoms with Gasteiger partial charge in [-0.25, -0.2) is 0 Å². The van der Waals surface area contributed by atoms with Crippen molar-refractivity contribution in [3.63, 3.8) is 0 Å². The Hall–Kier alpha value is -1.44. The lowest BCUT2D eigenvalue weighted by molar-refractivity contribution is -0.304. The van der Waals surface area contributed by atoms with Gasteiger partial charge in [-0.2, -0.15) is 0 Å². The minimum absolute atomic E-state index is 0.00938. The van der Waals surface area contributed by atoms with Crippen molar-refractivity contribution in [2.75, 3.05) is 19.8 Å². The topological polar surface area (TPSA) is 143 Å². The highest BCUT2D eigenvalue weighted by molar-refractivity contribution is 5.27. The van der Waals surface area contributed by atoms with Crippen LogP contribution in [0.2, 0.25) is 0 Å². The van der Waals surface area contributed by atoms with Gasteiger partial charge in [-0.05, 0) is 111 Å². The summed E-state index contributed by atoms with van der Waals surface area (Å²) in [6, 6.07) is 1.66. The third-order valence-corrected chi connectivity index (χ3v) is 15.4. The van der Waals surface area contributed by atoms with Crippen molar-refractivity contribution < 1.29 is 34.6 Å². The molecule has 0 bridgehead atoms. The molecule has 3 aliphatic heterocycles. The van der Waals surface area contributed by atoms with E-state index >= 15 is 0 Å². The smallest absolute Gasteiger partial charge is 0.187 e. The zero-order valence-corrected chi connectivity index (χ0v) is 30.6. The Kier molecular flexibility index (Phi) is 9.79. The number of aliphatic hydroxyl groups excluding tert-OH is 4. The average molecular weight is 699 g/mol. The molecule has 4 heterocycles. The van der Waals surface area contributed by atoms with E-state index in [9.17, 15) is 20.4 Å². The quantitative estimate of drug-likeness (QED) is 0.223. The van der Waals surface area contributed by atoms with E-state index in [0.29, 0.717) is 29.7 Å². The van der Waals surface area contributed by atoms with E-state index in [1.807, 2.05) is 0 Å². The Bertz CT molecular complexity index is 1390. The molecular weight excluding hydrogens is 636 g/mol. The van der Waals surface area contributed by atoms with E-state index in [2.05, 4.69) is 49.0 Å². The molecule has 1 aromatic heterocycles. The van der Waals surface area contributed by atoms with Gasteiger partial charge in [0.15, 0.2) is 6.29 Å². The van der Waals surface area contributed by atoms with Gasteiger partial charge in [-0.3, -0.25) is 9.58 Å². The number of hydrogen-bond donors (Lipinski definition) is 4. The van der Waals surface area contributed by atoms with E-state index < -0.39 is 37.3 Å². The van der Waals surface area contributed by atoms with Gasteiger partial charge in [-0.1, -0.05) is 44.6 Å². The summed E-state index contributed by atoms with van der Waals surface area (Å²) in [5, 5.41) is 47.9.